The second kappa shape index (κ2) is 7.25. The Balaban J connectivity index is 2.00. The van der Waals surface area contributed by atoms with E-state index < -0.39 is 16.9 Å². The lowest BCUT2D eigenvalue weighted by molar-refractivity contribution is -0.385. The number of nitro benzene ring substituents is 1. The number of nitrogens with zero attached hydrogens (tertiary/aromatic N) is 1. The molecule has 0 bridgehead atoms. The summed E-state index contributed by atoms with van der Waals surface area (Å²) in [5.74, 6) is -1.31. The van der Waals surface area contributed by atoms with Crippen molar-refractivity contribution in [2.45, 2.75) is 6.92 Å². The summed E-state index contributed by atoms with van der Waals surface area (Å²) in [6.07, 6.45) is 0. The van der Waals surface area contributed by atoms with Crippen LogP contribution < -0.4 is 4.74 Å². The van der Waals surface area contributed by atoms with E-state index in [-0.39, 0.29) is 22.6 Å². The molecule has 3 aromatic rings. The van der Waals surface area contributed by atoms with E-state index in [1.807, 2.05) is 24.3 Å². The summed E-state index contributed by atoms with van der Waals surface area (Å²) in [6.45, 7) is 1.53. The Labute approximate surface area is 154 Å². The second-order valence-corrected chi connectivity index (χ2v) is 5.83. The standard InChI is InChI=1S/C20H15NO6/c1-12-9-15(7-8-17(12)21(24)25)19(22)27-18-11-14-6-4-3-5-13(14)10-16(18)20(23)26-2/h3-11H,1-2H3. The summed E-state index contributed by atoms with van der Waals surface area (Å²) in [4.78, 5) is 35.0. The number of aryl methyl sites for hydroxylation is 1. The van der Waals surface area contributed by atoms with Crippen molar-refractivity contribution >= 4 is 28.4 Å². The number of ether oxygens (including phenoxy) is 2. The van der Waals surface area contributed by atoms with E-state index in [1.54, 1.807) is 12.1 Å². The molecular weight excluding hydrogens is 350 g/mol. The highest BCUT2D eigenvalue weighted by atomic mass is 16.6. The Hall–Kier alpha value is -3.74. The fourth-order valence-electron chi connectivity index (χ4n) is 2.72. The van der Waals surface area contributed by atoms with Crippen molar-refractivity contribution < 1.29 is 24.0 Å². The number of fused-ring (bicyclic) bond motifs is 1. The monoisotopic (exact) mass is 365 g/mol. The van der Waals surface area contributed by atoms with Gasteiger partial charge in [-0.05, 0) is 42.0 Å². The molecule has 0 saturated heterocycles. The predicted molar refractivity (Wildman–Crippen MR) is 98.1 cm³/mol. The number of methoxy groups -OCH3 is 1. The van der Waals surface area contributed by atoms with Gasteiger partial charge in [0.1, 0.15) is 11.3 Å². The maximum absolute atomic E-state index is 12.5. The zero-order chi connectivity index (χ0) is 19.6. The Morgan fingerprint density at radius 1 is 0.963 bits per heavy atom. The first-order valence-corrected chi connectivity index (χ1v) is 7.99. The lowest BCUT2D eigenvalue weighted by atomic mass is 10.1. The molecule has 0 N–H and O–H groups in total. The lowest BCUT2D eigenvalue weighted by Gasteiger charge is -2.11. The summed E-state index contributed by atoms with van der Waals surface area (Å²) in [6, 6.07) is 14.4. The molecule has 0 aliphatic carbocycles. The van der Waals surface area contributed by atoms with E-state index in [1.165, 1.54) is 32.2 Å². The molecule has 27 heavy (non-hydrogen) atoms. The number of hydrogen-bond donors (Lipinski definition) is 0. The molecular formula is C20H15NO6. The number of rotatable bonds is 4. The first-order chi connectivity index (χ1) is 12.9. The second-order valence-electron chi connectivity index (χ2n) is 5.83. The fourth-order valence-corrected chi connectivity index (χ4v) is 2.72. The van der Waals surface area contributed by atoms with Crippen molar-refractivity contribution in [1.29, 1.82) is 0 Å². The van der Waals surface area contributed by atoms with Crippen LogP contribution in [0.4, 0.5) is 5.69 Å². The van der Waals surface area contributed by atoms with E-state index in [9.17, 15) is 19.7 Å². The SMILES string of the molecule is COC(=O)c1cc2ccccc2cc1OC(=O)c1ccc([N+](=O)[O-])c(C)c1. The Kier molecular flexibility index (Phi) is 4.85. The highest BCUT2D eigenvalue weighted by Gasteiger charge is 2.20. The van der Waals surface area contributed by atoms with Gasteiger partial charge >= 0.3 is 11.9 Å². The molecule has 0 saturated carbocycles. The zero-order valence-electron chi connectivity index (χ0n) is 14.6. The van der Waals surface area contributed by atoms with E-state index in [0.717, 1.165) is 10.8 Å². The number of hydrogen-bond acceptors (Lipinski definition) is 6. The van der Waals surface area contributed by atoms with Gasteiger partial charge in [-0.2, -0.15) is 0 Å². The van der Waals surface area contributed by atoms with Crippen molar-refractivity contribution in [3.63, 3.8) is 0 Å². The molecule has 0 radical (unpaired) electrons. The summed E-state index contributed by atoms with van der Waals surface area (Å²) in [5, 5.41) is 12.5. The Morgan fingerprint density at radius 3 is 2.22 bits per heavy atom. The van der Waals surface area contributed by atoms with Crippen LogP contribution in [0.3, 0.4) is 0 Å². The molecule has 3 aromatic carbocycles. The van der Waals surface area contributed by atoms with Crippen molar-refractivity contribution in [2.24, 2.45) is 0 Å². The van der Waals surface area contributed by atoms with Gasteiger partial charge in [0.2, 0.25) is 0 Å². The molecule has 0 amide bonds. The highest BCUT2D eigenvalue weighted by Crippen LogP contribution is 2.28. The van der Waals surface area contributed by atoms with Crippen LogP contribution >= 0.6 is 0 Å². The van der Waals surface area contributed by atoms with E-state index in [0.29, 0.717) is 5.56 Å². The van der Waals surface area contributed by atoms with E-state index in [2.05, 4.69) is 0 Å². The maximum atomic E-state index is 12.5. The molecule has 0 aliphatic rings. The third-order valence-corrected chi connectivity index (χ3v) is 4.09. The molecule has 136 valence electrons. The van der Waals surface area contributed by atoms with Gasteiger partial charge in [-0.1, -0.05) is 24.3 Å². The highest BCUT2D eigenvalue weighted by molar-refractivity contribution is 6.00. The van der Waals surface area contributed by atoms with Crippen molar-refractivity contribution in [3.8, 4) is 5.75 Å². The minimum atomic E-state index is -0.728. The molecule has 7 heteroatoms. The third kappa shape index (κ3) is 3.62. The topological polar surface area (TPSA) is 95.7 Å². The number of carbonyl (C=O) groups is 2. The Morgan fingerprint density at radius 2 is 1.63 bits per heavy atom. The van der Waals surface area contributed by atoms with Gasteiger partial charge < -0.3 is 9.47 Å². The van der Waals surface area contributed by atoms with Crippen LogP contribution in [0.2, 0.25) is 0 Å². The van der Waals surface area contributed by atoms with Crippen LogP contribution in [0.5, 0.6) is 5.75 Å². The first-order valence-electron chi connectivity index (χ1n) is 7.99. The summed E-state index contributed by atoms with van der Waals surface area (Å²) >= 11 is 0. The average molecular weight is 365 g/mol. The smallest absolute Gasteiger partial charge is 0.343 e. The van der Waals surface area contributed by atoms with Crippen molar-refractivity contribution in [2.75, 3.05) is 7.11 Å². The minimum Gasteiger partial charge on any atom is -0.465 e. The first kappa shape index (κ1) is 18.1. The van der Waals surface area contributed by atoms with Gasteiger partial charge in [-0.15, -0.1) is 0 Å². The molecule has 0 spiro atoms. The summed E-state index contributed by atoms with van der Waals surface area (Å²) < 4.78 is 10.2. The van der Waals surface area contributed by atoms with Gasteiger partial charge in [0.25, 0.3) is 5.69 Å². The van der Waals surface area contributed by atoms with Gasteiger partial charge in [0, 0.05) is 11.6 Å². The molecule has 0 atom stereocenters. The largest absolute Gasteiger partial charge is 0.465 e. The summed E-state index contributed by atoms with van der Waals surface area (Å²) in [5.41, 5.74) is 0.499. The minimum absolute atomic E-state index is 0.0570. The van der Waals surface area contributed by atoms with Crippen molar-refractivity contribution in [1.82, 2.24) is 0 Å². The third-order valence-electron chi connectivity index (χ3n) is 4.09. The van der Waals surface area contributed by atoms with E-state index in [4.69, 9.17) is 9.47 Å². The predicted octanol–water partition coefficient (Wildman–Crippen LogP) is 4.06. The van der Waals surface area contributed by atoms with Crippen LogP contribution in [-0.2, 0) is 4.74 Å². The number of carbonyl (C=O) groups excluding carboxylic acids is 2. The number of nitro groups is 1. The van der Waals surface area contributed by atoms with Gasteiger partial charge in [0.05, 0.1) is 17.6 Å². The molecule has 0 fully saturated rings. The van der Waals surface area contributed by atoms with Crippen LogP contribution in [-0.4, -0.2) is 24.0 Å². The molecule has 7 nitrogen and oxygen atoms in total. The molecule has 3 rings (SSSR count). The maximum Gasteiger partial charge on any atom is 0.343 e. The fraction of sp³-hybridized carbons (Fsp3) is 0.100. The molecule has 0 aliphatic heterocycles. The molecule has 0 unspecified atom stereocenters. The summed E-state index contributed by atoms with van der Waals surface area (Å²) in [7, 11) is 1.24. The lowest BCUT2D eigenvalue weighted by Crippen LogP contribution is -2.13. The van der Waals surface area contributed by atoms with E-state index >= 15 is 0 Å². The van der Waals surface area contributed by atoms with Gasteiger partial charge in [0.15, 0.2) is 0 Å². The van der Waals surface area contributed by atoms with Gasteiger partial charge in [-0.3, -0.25) is 10.1 Å². The quantitative estimate of drug-likeness (QED) is 0.299. The van der Waals surface area contributed by atoms with Crippen LogP contribution in [0.25, 0.3) is 10.8 Å². The average Bonchev–Trinajstić information content (AvgIpc) is 2.66. The normalized spacial score (nSPS) is 10.4. The zero-order valence-corrected chi connectivity index (χ0v) is 14.6. The van der Waals surface area contributed by atoms with Crippen LogP contribution in [0, 0.1) is 17.0 Å². The van der Waals surface area contributed by atoms with Gasteiger partial charge in [-0.25, -0.2) is 9.59 Å². The molecule has 0 heterocycles. The van der Waals surface area contributed by atoms with Crippen LogP contribution in [0.15, 0.2) is 54.6 Å². The number of esters is 2. The van der Waals surface area contributed by atoms with Crippen molar-refractivity contribution in [3.05, 3.63) is 81.4 Å². The number of benzene rings is 3. The molecule has 0 aromatic heterocycles. The van der Waals surface area contributed by atoms with Crippen LogP contribution in [0.1, 0.15) is 26.3 Å². The Bertz CT molecular complexity index is 1070.